The number of hydrogen-bond donors (Lipinski definition) is 0. The zero-order chi connectivity index (χ0) is 21.7. The summed E-state index contributed by atoms with van der Waals surface area (Å²) in [4.78, 5) is 0. The number of rotatable bonds is 0. The van der Waals surface area contributed by atoms with E-state index in [0.29, 0.717) is 0 Å². The molecule has 0 aliphatic rings. The molecule has 0 fully saturated rings. The molecule has 0 bridgehead atoms. The minimum Gasteiger partial charge on any atom is -0.0776 e. The van der Waals surface area contributed by atoms with Crippen LogP contribution in [0, 0.1) is 0 Å². The van der Waals surface area contributed by atoms with E-state index in [0.717, 1.165) is 0 Å². The van der Waals surface area contributed by atoms with Gasteiger partial charge < -0.3 is 0 Å². The van der Waals surface area contributed by atoms with Crippen LogP contribution in [-0.2, 0) is 0 Å². The summed E-state index contributed by atoms with van der Waals surface area (Å²) < 4.78 is 0. The second-order valence-electron chi connectivity index (χ2n) is 5.66. The highest BCUT2D eigenvalue weighted by atomic mass is 13.4. The molecule has 0 saturated carbocycles. The van der Waals surface area contributed by atoms with E-state index < -0.39 is 0 Å². The standard InChI is InChI=1S/8C3H8.12CH4/c8*1-3-2;;;;;;;;;;;;/h8*3H2,1-2H3;12*1H4. The molecule has 0 aliphatic heterocycles. The predicted molar refractivity (Wildman–Crippen MR) is 208 cm³/mol. The molecule has 0 heteroatoms. The predicted octanol–water partition coefficient (Wildman–Crippen LogP) is 19.0. The van der Waals surface area contributed by atoms with Crippen LogP contribution in [0.4, 0.5) is 0 Å². The van der Waals surface area contributed by atoms with Crippen LogP contribution in [0.15, 0.2) is 0 Å². The van der Waals surface area contributed by atoms with Gasteiger partial charge in [-0.05, 0) is 0 Å². The third-order valence-electron chi connectivity index (χ3n) is 0. The number of hydrogen-bond acceptors (Lipinski definition) is 0. The molecular formula is C36H112. The summed E-state index contributed by atoms with van der Waals surface area (Å²) in [5.41, 5.74) is 0. The van der Waals surface area contributed by atoms with E-state index in [1.807, 2.05) is 0 Å². The minimum atomic E-state index is 0. The van der Waals surface area contributed by atoms with Gasteiger partial charge in [0.2, 0.25) is 0 Å². The molecule has 0 aromatic carbocycles. The Labute approximate surface area is 251 Å². The lowest BCUT2D eigenvalue weighted by molar-refractivity contribution is 1.09. The lowest BCUT2D eigenvalue weighted by atomic mass is 10.6. The minimum absolute atomic E-state index is 0. The second kappa shape index (κ2) is 632. The van der Waals surface area contributed by atoms with E-state index in [4.69, 9.17) is 0 Å². The van der Waals surface area contributed by atoms with Gasteiger partial charge in [-0.25, -0.2) is 0 Å². The van der Waals surface area contributed by atoms with Crippen LogP contribution in [0.5, 0.6) is 0 Å². The van der Waals surface area contributed by atoms with Gasteiger partial charge in [0.05, 0.1) is 0 Å². The van der Waals surface area contributed by atoms with Crippen LogP contribution in [-0.4, -0.2) is 0 Å². The largest absolute Gasteiger partial charge is 0.0776 e. The zero-order valence-corrected chi connectivity index (χ0v) is 21.7. The summed E-state index contributed by atoms with van der Waals surface area (Å²) in [5, 5.41) is 0. The molecule has 0 spiro atoms. The lowest BCUT2D eigenvalue weighted by Gasteiger charge is -1.48. The van der Waals surface area contributed by atoms with E-state index >= 15 is 0 Å². The van der Waals surface area contributed by atoms with Crippen LogP contribution in [0.25, 0.3) is 0 Å². The van der Waals surface area contributed by atoms with Gasteiger partial charge in [0.25, 0.3) is 0 Å². The Morgan fingerprint density at radius 1 is 0.139 bits per heavy atom. The van der Waals surface area contributed by atoms with E-state index in [1.54, 1.807) is 0 Å². The van der Waals surface area contributed by atoms with Gasteiger partial charge in [-0.1, -0.05) is 251 Å². The van der Waals surface area contributed by atoms with Gasteiger partial charge in [0, 0.05) is 0 Å². The highest BCUT2D eigenvalue weighted by Crippen LogP contribution is 1.58. The second-order valence-corrected chi connectivity index (χ2v) is 5.66. The van der Waals surface area contributed by atoms with Crippen molar-refractivity contribution in [1.82, 2.24) is 0 Å². The van der Waals surface area contributed by atoms with E-state index in [9.17, 15) is 0 Å². The molecule has 0 aliphatic carbocycles. The van der Waals surface area contributed by atoms with Gasteiger partial charge in [-0.3, -0.25) is 0 Å². The van der Waals surface area contributed by atoms with Crippen molar-refractivity contribution < 1.29 is 0 Å². The van der Waals surface area contributed by atoms with Gasteiger partial charge in [0.15, 0.2) is 0 Å². The van der Waals surface area contributed by atoms with Gasteiger partial charge in [-0.2, -0.15) is 0 Å². The third-order valence-corrected chi connectivity index (χ3v) is 0. The topological polar surface area (TPSA) is 0 Å². The van der Waals surface area contributed by atoms with Crippen LogP contribution in [0.3, 0.4) is 0 Å². The van der Waals surface area contributed by atoms with Crippen molar-refractivity contribution in [1.29, 1.82) is 0 Å². The summed E-state index contributed by atoms with van der Waals surface area (Å²) in [7, 11) is 0. The molecule has 0 aromatic rings. The molecule has 0 heterocycles. The molecule has 0 rings (SSSR count). The highest BCUT2D eigenvalue weighted by Gasteiger charge is 1.37. The Bertz CT molecular complexity index is 24.0. The van der Waals surface area contributed by atoms with Crippen molar-refractivity contribution in [2.75, 3.05) is 0 Å². The van der Waals surface area contributed by atoms with Crippen molar-refractivity contribution in [3.63, 3.8) is 0 Å². The first kappa shape index (κ1) is 172. The Morgan fingerprint density at radius 3 is 0.139 bits per heavy atom. The molecule has 0 nitrogen and oxygen atoms in total. The Balaban J connectivity index is -0.00000000431. The Morgan fingerprint density at radius 2 is 0.139 bits per heavy atom. The molecule has 256 valence electrons. The molecule has 0 amide bonds. The molecule has 36 heavy (non-hydrogen) atoms. The van der Waals surface area contributed by atoms with Crippen molar-refractivity contribution >= 4 is 0 Å². The first-order valence-electron chi connectivity index (χ1n) is 11.3. The summed E-state index contributed by atoms with van der Waals surface area (Å²) >= 11 is 0. The van der Waals surface area contributed by atoms with Gasteiger partial charge >= 0.3 is 0 Å². The maximum Gasteiger partial charge on any atom is -0.0590 e. The molecular weight excluding hydrogens is 432 g/mol. The fraction of sp³-hybridized carbons (Fsp3) is 1.00. The SMILES string of the molecule is C.C.C.C.C.C.C.C.C.C.C.C.CCC.CCC.CCC.CCC.CCC.CCC.CCC.CCC. The monoisotopic (exact) mass is 545 g/mol. The molecule has 0 aromatic heterocycles. The van der Waals surface area contributed by atoms with Crippen LogP contribution >= 0.6 is 0 Å². The quantitative estimate of drug-likeness (QED) is 0.284. The summed E-state index contributed by atoms with van der Waals surface area (Å²) in [5.74, 6) is 0. The van der Waals surface area contributed by atoms with Crippen LogP contribution < -0.4 is 0 Å². The molecule has 0 unspecified atom stereocenters. The highest BCUT2D eigenvalue weighted by molar-refractivity contribution is 3.94. The van der Waals surface area contributed by atoms with Crippen LogP contribution in [0.2, 0.25) is 0 Å². The average molecular weight is 545 g/mol. The van der Waals surface area contributed by atoms with E-state index in [1.165, 1.54) is 51.4 Å². The Hall–Kier alpha value is 0. The average Bonchev–Trinajstić information content (AvgIpc) is 2.45. The fourth-order valence-electron chi connectivity index (χ4n) is 0. The Kier molecular flexibility index (Phi) is 3030. The molecule has 0 radical (unpaired) electrons. The summed E-state index contributed by atoms with van der Waals surface area (Å²) in [6, 6.07) is 0. The third kappa shape index (κ3) is 0. The van der Waals surface area contributed by atoms with Crippen molar-refractivity contribution in [2.45, 2.75) is 251 Å². The van der Waals surface area contributed by atoms with E-state index in [-0.39, 0.29) is 89.1 Å². The summed E-state index contributed by atoms with van der Waals surface area (Å²) in [6.45, 7) is 34.0. The molecule has 0 saturated heterocycles. The van der Waals surface area contributed by atoms with Crippen molar-refractivity contribution in [2.24, 2.45) is 0 Å². The smallest absolute Gasteiger partial charge is 0.0590 e. The van der Waals surface area contributed by atoms with Crippen LogP contribution in [0.1, 0.15) is 251 Å². The molecule has 0 atom stereocenters. The van der Waals surface area contributed by atoms with Crippen molar-refractivity contribution in [3.8, 4) is 0 Å². The lowest BCUT2D eigenvalue weighted by Crippen LogP contribution is -1.27. The first-order chi connectivity index (χ1) is 11.3. The maximum atomic E-state index is 2.12. The maximum absolute atomic E-state index is 2.12. The first-order valence-corrected chi connectivity index (χ1v) is 11.3. The van der Waals surface area contributed by atoms with Crippen molar-refractivity contribution in [3.05, 3.63) is 0 Å². The zero-order valence-electron chi connectivity index (χ0n) is 21.7. The normalized spacial score (nSPS) is 4.00. The van der Waals surface area contributed by atoms with Gasteiger partial charge in [-0.15, -0.1) is 0 Å². The fourth-order valence-corrected chi connectivity index (χ4v) is 0. The van der Waals surface area contributed by atoms with Gasteiger partial charge in [0.1, 0.15) is 0 Å². The summed E-state index contributed by atoms with van der Waals surface area (Å²) in [6.07, 6.45) is 10.0. The molecule has 0 N–H and O–H groups in total. The van der Waals surface area contributed by atoms with E-state index in [2.05, 4.69) is 111 Å².